The molecule has 2 rings (SSSR count). The summed E-state index contributed by atoms with van der Waals surface area (Å²) in [6.45, 7) is 4.20. The number of thiazole rings is 1. The van der Waals surface area contributed by atoms with E-state index in [0.29, 0.717) is 5.92 Å². The highest BCUT2D eigenvalue weighted by Gasteiger charge is 2.22. The minimum Gasteiger partial charge on any atom is -0.375 e. The SMILES string of the molecule is CCCC1CNCc2nc(N)sc21. The molecule has 1 aliphatic rings. The predicted octanol–water partition coefficient (Wildman–Crippen LogP) is 1.71. The fraction of sp³-hybridized carbons (Fsp3) is 0.667. The average Bonchev–Trinajstić information content (AvgIpc) is 2.47. The lowest BCUT2D eigenvalue weighted by molar-refractivity contribution is 0.512. The Balaban J connectivity index is 2.25. The monoisotopic (exact) mass is 197 g/mol. The molecular weight excluding hydrogens is 182 g/mol. The molecule has 0 saturated heterocycles. The quantitative estimate of drug-likeness (QED) is 0.759. The summed E-state index contributed by atoms with van der Waals surface area (Å²) in [7, 11) is 0. The van der Waals surface area contributed by atoms with E-state index in [-0.39, 0.29) is 0 Å². The van der Waals surface area contributed by atoms with Gasteiger partial charge in [0.05, 0.1) is 5.69 Å². The number of aromatic nitrogens is 1. The molecule has 1 aromatic heterocycles. The molecule has 0 radical (unpaired) electrons. The molecule has 0 fully saturated rings. The third kappa shape index (κ3) is 1.69. The van der Waals surface area contributed by atoms with Crippen LogP contribution in [-0.4, -0.2) is 11.5 Å². The Bertz CT molecular complexity index is 295. The zero-order valence-corrected chi connectivity index (χ0v) is 8.66. The zero-order valence-electron chi connectivity index (χ0n) is 7.84. The van der Waals surface area contributed by atoms with Gasteiger partial charge in [0, 0.05) is 23.9 Å². The third-order valence-corrected chi connectivity index (χ3v) is 3.52. The van der Waals surface area contributed by atoms with Gasteiger partial charge in [0.15, 0.2) is 5.13 Å². The third-order valence-electron chi connectivity index (χ3n) is 2.44. The van der Waals surface area contributed by atoms with Gasteiger partial charge in [-0.05, 0) is 6.42 Å². The topological polar surface area (TPSA) is 50.9 Å². The Morgan fingerprint density at radius 2 is 2.54 bits per heavy atom. The van der Waals surface area contributed by atoms with Crippen LogP contribution in [0.1, 0.15) is 36.3 Å². The molecule has 1 aromatic rings. The first-order valence-electron chi connectivity index (χ1n) is 4.77. The van der Waals surface area contributed by atoms with Crippen molar-refractivity contribution in [3.8, 4) is 0 Å². The van der Waals surface area contributed by atoms with Crippen molar-refractivity contribution in [3.63, 3.8) is 0 Å². The molecule has 0 amide bonds. The van der Waals surface area contributed by atoms with E-state index in [1.165, 1.54) is 23.4 Å². The molecule has 0 saturated carbocycles. The Labute approximate surface area is 82.4 Å². The van der Waals surface area contributed by atoms with Gasteiger partial charge in [-0.3, -0.25) is 0 Å². The lowest BCUT2D eigenvalue weighted by atomic mass is 9.98. The normalized spacial score (nSPS) is 21.5. The summed E-state index contributed by atoms with van der Waals surface area (Å²) in [6, 6.07) is 0. The molecule has 3 nitrogen and oxygen atoms in total. The van der Waals surface area contributed by atoms with Crippen LogP contribution < -0.4 is 11.1 Å². The maximum atomic E-state index is 5.70. The van der Waals surface area contributed by atoms with Crippen molar-refractivity contribution < 1.29 is 0 Å². The van der Waals surface area contributed by atoms with E-state index >= 15 is 0 Å². The highest BCUT2D eigenvalue weighted by molar-refractivity contribution is 7.15. The smallest absolute Gasteiger partial charge is 0.180 e. The minimum atomic E-state index is 0.642. The summed E-state index contributed by atoms with van der Waals surface area (Å²) >= 11 is 1.66. The number of nitrogens with two attached hydrogens (primary N) is 1. The number of hydrogen-bond donors (Lipinski definition) is 2. The number of nitrogens with one attached hydrogen (secondary N) is 1. The van der Waals surface area contributed by atoms with Gasteiger partial charge in [0.1, 0.15) is 0 Å². The van der Waals surface area contributed by atoms with E-state index in [2.05, 4.69) is 17.2 Å². The second-order valence-electron chi connectivity index (χ2n) is 3.48. The first-order valence-corrected chi connectivity index (χ1v) is 5.58. The molecule has 0 aromatic carbocycles. The van der Waals surface area contributed by atoms with Crippen molar-refractivity contribution >= 4 is 16.5 Å². The molecule has 4 heteroatoms. The highest BCUT2D eigenvalue weighted by atomic mass is 32.1. The molecule has 2 heterocycles. The molecule has 1 unspecified atom stereocenters. The van der Waals surface area contributed by atoms with Crippen molar-refractivity contribution in [2.75, 3.05) is 12.3 Å². The Hall–Kier alpha value is -0.610. The molecular formula is C9H15N3S. The standard InChI is InChI=1S/C9H15N3S/c1-2-3-6-4-11-5-7-8(6)13-9(10)12-7/h6,11H,2-5H2,1H3,(H2,10,12). The van der Waals surface area contributed by atoms with Crippen molar-refractivity contribution in [2.45, 2.75) is 32.2 Å². The van der Waals surface area contributed by atoms with Gasteiger partial charge in [-0.1, -0.05) is 13.3 Å². The summed E-state index contributed by atoms with van der Waals surface area (Å²) in [6.07, 6.45) is 2.46. The largest absolute Gasteiger partial charge is 0.375 e. The van der Waals surface area contributed by atoms with Crippen LogP contribution >= 0.6 is 11.3 Å². The molecule has 13 heavy (non-hydrogen) atoms. The van der Waals surface area contributed by atoms with E-state index in [9.17, 15) is 0 Å². The van der Waals surface area contributed by atoms with Crippen LogP contribution in [0, 0.1) is 0 Å². The summed E-state index contributed by atoms with van der Waals surface area (Å²) in [5.41, 5.74) is 6.87. The summed E-state index contributed by atoms with van der Waals surface area (Å²) in [5, 5.41) is 4.10. The van der Waals surface area contributed by atoms with E-state index in [1.807, 2.05) is 0 Å². The number of nitrogens with zero attached hydrogens (tertiary/aromatic N) is 1. The van der Waals surface area contributed by atoms with Crippen LogP contribution in [0.4, 0.5) is 5.13 Å². The van der Waals surface area contributed by atoms with Crippen molar-refractivity contribution in [3.05, 3.63) is 10.6 Å². The Kier molecular flexibility index (Phi) is 2.51. The van der Waals surface area contributed by atoms with Crippen LogP contribution in [-0.2, 0) is 6.54 Å². The zero-order chi connectivity index (χ0) is 9.26. The predicted molar refractivity (Wildman–Crippen MR) is 55.9 cm³/mol. The van der Waals surface area contributed by atoms with Gasteiger partial charge in [0.2, 0.25) is 0 Å². The van der Waals surface area contributed by atoms with Crippen LogP contribution in [0.5, 0.6) is 0 Å². The van der Waals surface area contributed by atoms with Gasteiger partial charge >= 0.3 is 0 Å². The van der Waals surface area contributed by atoms with Gasteiger partial charge in [0.25, 0.3) is 0 Å². The van der Waals surface area contributed by atoms with E-state index in [0.717, 1.165) is 18.2 Å². The first-order chi connectivity index (χ1) is 6.31. The number of nitrogen functional groups attached to an aromatic ring is 1. The molecule has 3 N–H and O–H groups in total. The van der Waals surface area contributed by atoms with Gasteiger partial charge < -0.3 is 11.1 Å². The van der Waals surface area contributed by atoms with E-state index < -0.39 is 0 Å². The average molecular weight is 197 g/mol. The number of fused-ring (bicyclic) bond motifs is 1. The highest BCUT2D eigenvalue weighted by Crippen LogP contribution is 2.33. The summed E-state index contributed by atoms with van der Waals surface area (Å²) < 4.78 is 0. The van der Waals surface area contributed by atoms with Crippen LogP contribution in [0.15, 0.2) is 0 Å². The lowest BCUT2D eigenvalue weighted by Gasteiger charge is -2.21. The Morgan fingerprint density at radius 1 is 1.69 bits per heavy atom. The van der Waals surface area contributed by atoms with E-state index in [1.54, 1.807) is 11.3 Å². The summed E-state index contributed by atoms with van der Waals surface area (Å²) in [5.74, 6) is 0.642. The fourth-order valence-corrected chi connectivity index (χ4v) is 2.85. The van der Waals surface area contributed by atoms with E-state index in [4.69, 9.17) is 5.73 Å². The maximum absolute atomic E-state index is 5.70. The van der Waals surface area contributed by atoms with Crippen molar-refractivity contribution in [1.29, 1.82) is 0 Å². The molecule has 0 aliphatic carbocycles. The van der Waals surface area contributed by atoms with Crippen LogP contribution in [0.2, 0.25) is 0 Å². The van der Waals surface area contributed by atoms with Gasteiger partial charge in [-0.2, -0.15) is 0 Å². The number of hydrogen-bond acceptors (Lipinski definition) is 4. The van der Waals surface area contributed by atoms with Crippen LogP contribution in [0.25, 0.3) is 0 Å². The molecule has 72 valence electrons. The van der Waals surface area contributed by atoms with Crippen molar-refractivity contribution in [2.24, 2.45) is 0 Å². The minimum absolute atomic E-state index is 0.642. The number of anilines is 1. The summed E-state index contributed by atoms with van der Waals surface area (Å²) in [4.78, 5) is 5.73. The first kappa shape index (κ1) is 8.97. The molecule has 1 atom stereocenters. The molecule has 1 aliphatic heterocycles. The Morgan fingerprint density at radius 3 is 3.31 bits per heavy atom. The lowest BCUT2D eigenvalue weighted by Crippen LogP contribution is -2.27. The van der Waals surface area contributed by atoms with Gasteiger partial charge in [-0.15, -0.1) is 11.3 Å². The van der Waals surface area contributed by atoms with Crippen molar-refractivity contribution in [1.82, 2.24) is 10.3 Å². The number of rotatable bonds is 2. The second-order valence-corrected chi connectivity index (χ2v) is 4.54. The van der Waals surface area contributed by atoms with Crippen LogP contribution in [0.3, 0.4) is 0 Å². The molecule has 0 spiro atoms. The molecule has 0 bridgehead atoms. The second kappa shape index (κ2) is 3.64. The maximum Gasteiger partial charge on any atom is 0.180 e. The van der Waals surface area contributed by atoms with Gasteiger partial charge in [-0.25, -0.2) is 4.98 Å². The fourth-order valence-electron chi connectivity index (χ4n) is 1.87.